The largest absolute Gasteiger partial charge is 0.369 e. The van der Waals surface area contributed by atoms with Crippen LogP contribution in [0.15, 0.2) is 24.3 Å². The first-order chi connectivity index (χ1) is 8.27. The lowest BCUT2D eigenvalue weighted by molar-refractivity contribution is 0.332. The van der Waals surface area contributed by atoms with E-state index in [1.165, 1.54) is 5.69 Å². The van der Waals surface area contributed by atoms with Gasteiger partial charge in [-0.25, -0.2) is 0 Å². The summed E-state index contributed by atoms with van der Waals surface area (Å²) in [6.07, 6.45) is 0. The third-order valence-electron chi connectivity index (χ3n) is 3.44. The minimum atomic E-state index is 0.132. The molecule has 0 saturated carbocycles. The Morgan fingerprint density at radius 2 is 1.67 bits per heavy atom. The fraction of sp³-hybridized carbons (Fsp3) is 0.600. The SMILES string of the molecule is CC1(C)CNC(C)(C)CN(c2ccc(Cl)cc2)C1. The summed E-state index contributed by atoms with van der Waals surface area (Å²) in [5, 5.41) is 4.45. The Balaban J connectivity index is 2.26. The van der Waals surface area contributed by atoms with Crippen LogP contribution in [0, 0.1) is 5.41 Å². The summed E-state index contributed by atoms with van der Waals surface area (Å²) >= 11 is 5.96. The first-order valence-electron chi connectivity index (χ1n) is 6.53. The number of rotatable bonds is 1. The zero-order valence-corrected chi connectivity index (χ0v) is 12.5. The molecule has 0 aliphatic carbocycles. The second kappa shape index (κ2) is 4.75. The molecule has 1 aromatic rings. The molecule has 1 aliphatic heterocycles. The third kappa shape index (κ3) is 3.39. The monoisotopic (exact) mass is 266 g/mol. The molecule has 0 atom stereocenters. The van der Waals surface area contributed by atoms with E-state index in [0.29, 0.717) is 0 Å². The van der Waals surface area contributed by atoms with E-state index in [9.17, 15) is 0 Å². The lowest BCUT2D eigenvalue weighted by Crippen LogP contribution is -2.46. The molecule has 1 fully saturated rings. The molecule has 2 rings (SSSR count). The summed E-state index contributed by atoms with van der Waals surface area (Å²) in [4.78, 5) is 2.45. The van der Waals surface area contributed by atoms with Gasteiger partial charge in [-0.3, -0.25) is 0 Å². The van der Waals surface area contributed by atoms with E-state index in [-0.39, 0.29) is 11.0 Å². The molecule has 1 aliphatic rings. The van der Waals surface area contributed by atoms with Crippen LogP contribution in [0.1, 0.15) is 27.7 Å². The number of anilines is 1. The second-order valence-electron chi connectivity index (χ2n) is 6.73. The van der Waals surface area contributed by atoms with Crippen molar-refractivity contribution in [2.45, 2.75) is 33.2 Å². The molecule has 1 aromatic carbocycles. The van der Waals surface area contributed by atoms with Crippen molar-refractivity contribution in [3.8, 4) is 0 Å². The molecule has 1 heterocycles. The number of nitrogens with zero attached hydrogens (tertiary/aromatic N) is 1. The smallest absolute Gasteiger partial charge is 0.0407 e. The summed E-state index contributed by atoms with van der Waals surface area (Å²) in [6.45, 7) is 12.3. The zero-order chi connectivity index (χ0) is 13.4. The average molecular weight is 267 g/mol. The Hall–Kier alpha value is -0.730. The zero-order valence-electron chi connectivity index (χ0n) is 11.8. The van der Waals surface area contributed by atoms with Gasteiger partial charge < -0.3 is 10.2 Å². The lowest BCUT2D eigenvalue weighted by Gasteiger charge is -2.33. The second-order valence-corrected chi connectivity index (χ2v) is 7.17. The molecule has 18 heavy (non-hydrogen) atoms. The molecule has 0 amide bonds. The normalized spacial score (nSPS) is 22.6. The molecule has 3 heteroatoms. The lowest BCUT2D eigenvalue weighted by atomic mass is 9.93. The maximum Gasteiger partial charge on any atom is 0.0407 e. The van der Waals surface area contributed by atoms with Gasteiger partial charge in [-0.05, 0) is 43.5 Å². The van der Waals surface area contributed by atoms with Crippen LogP contribution in [0.4, 0.5) is 5.69 Å². The molecule has 2 nitrogen and oxygen atoms in total. The number of nitrogens with one attached hydrogen (secondary N) is 1. The minimum absolute atomic E-state index is 0.132. The highest BCUT2D eigenvalue weighted by Crippen LogP contribution is 2.28. The first kappa shape index (κ1) is 13.7. The van der Waals surface area contributed by atoms with Crippen molar-refractivity contribution >= 4 is 17.3 Å². The molecule has 0 spiro atoms. The predicted octanol–water partition coefficient (Wildman–Crippen LogP) is 3.55. The Morgan fingerprint density at radius 1 is 1.06 bits per heavy atom. The number of hydrogen-bond acceptors (Lipinski definition) is 2. The van der Waals surface area contributed by atoms with Gasteiger partial charge in [0.1, 0.15) is 0 Å². The van der Waals surface area contributed by atoms with Crippen LogP contribution >= 0.6 is 11.6 Å². The van der Waals surface area contributed by atoms with E-state index in [4.69, 9.17) is 11.6 Å². The van der Waals surface area contributed by atoms with Crippen molar-refractivity contribution < 1.29 is 0 Å². The fourth-order valence-corrected chi connectivity index (χ4v) is 2.60. The summed E-state index contributed by atoms with van der Waals surface area (Å²) in [7, 11) is 0. The van der Waals surface area contributed by atoms with Crippen molar-refractivity contribution in [1.29, 1.82) is 0 Å². The molecular formula is C15H23ClN2. The van der Waals surface area contributed by atoms with Crippen molar-refractivity contribution in [2.75, 3.05) is 24.5 Å². The van der Waals surface area contributed by atoms with Gasteiger partial charge in [0.2, 0.25) is 0 Å². The maximum atomic E-state index is 5.96. The van der Waals surface area contributed by atoms with Crippen molar-refractivity contribution in [2.24, 2.45) is 5.41 Å². The quantitative estimate of drug-likeness (QED) is 0.836. The number of halogens is 1. The number of benzene rings is 1. The van der Waals surface area contributed by atoms with E-state index in [2.05, 4.69) is 50.0 Å². The highest BCUT2D eigenvalue weighted by atomic mass is 35.5. The molecule has 0 unspecified atom stereocenters. The van der Waals surface area contributed by atoms with Gasteiger partial charge in [0.05, 0.1) is 0 Å². The fourth-order valence-electron chi connectivity index (χ4n) is 2.47. The topological polar surface area (TPSA) is 15.3 Å². The molecular weight excluding hydrogens is 244 g/mol. The van der Waals surface area contributed by atoms with Crippen LogP contribution in [-0.2, 0) is 0 Å². The minimum Gasteiger partial charge on any atom is -0.369 e. The van der Waals surface area contributed by atoms with Crippen LogP contribution in [0.25, 0.3) is 0 Å². The van der Waals surface area contributed by atoms with E-state index < -0.39 is 0 Å². The Morgan fingerprint density at radius 3 is 2.28 bits per heavy atom. The number of hydrogen-bond donors (Lipinski definition) is 1. The highest BCUT2D eigenvalue weighted by molar-refractivity contribution is 6.30. The molecule has 0 aromatic heterocycles. The van der Waals surface area contributed by atoms with E-state index in [1.807, 2.05) is 12.1 Å². The molecule has 0 radical (unpaired) electrons. The average Bonchev–Trinajstić information content (AvgIpc) is 2.36. The van der Waals surface area contributed by atoms with Crippen LogP contribution in [0.3, 0.4) is 0 Å². The predicted molar refractivity (Wildman–Crippen MR) is 79.5 cm³/mol. The molecule has 100 valence electrons. The Bertz CT molecular complexity index is 391. The van der Waals surface area contributed by atoms with Crippen LogP contribution < -0.4 is 10.2 Å². The maximum absolute atomic E-state index is 5.96. The van der Waals surface area contributed by atoms with E-state index >= 15 is 0 Å². The molecule has 0 bridgehead atoms. The first-order valence-corrected chi connectivity index (χ1v) is 6.91. The Labute approximate surface area is 115 Å². The van der Waals surface area contributed by atoms with Gasteiger partial charge in [-0.15, -0.1) is 0 Å². The molecule has 1 saturated heterocycles. The standard InChI is InChI=1S/C15H23ClN2/c1-14(2)9-17-15(3,4)11-18(10-14)13-7-5-12(16)6-8-13/h5-8,17H,9-11H2,1-4H3. The van der Waals surface area contributed by atoms with Crippen molar-refractivity contribution in [3.63, 3.8) is 0 Å². The van der Waals surface area contributed by atoms with Gasteiger partial charge in [0, 0.05) is 35.9 Å². The van der Waals surface area contributed by atoms with Crippen LogP contribution in [-0.4, -0.2) is 25.2 Å². The van der Waals surface area contributed by atoms with Crippen molar-refractivity contribution in [1.82, 2.24) is 5.32 Å². The summed E-state index contributed by atoms with van der Waals surface area (Å²) in [5.74, 6) is 0. The van der Waals surface area contributed by atoms with E-state index in [0.717, 1.165) is 24.7 Å². The highest BCUT2D eigenvalue weighted by Gasteiger charge is 2.32. The van der Waals surface area contributed by atoms with Gasteiger partial charge in [0.25, 0.3) is 0 Å². The van der Waals surface area contributed by atoms with E-state index in [1.54, 1.807) is 0 Å². The van der Waals surface area contributed by atoms with Crippen LogP contribution in [0.5, 0.6) is 0 Å². The summed E-state index contributed by atoms with van der Waals surface area (Å²) < 4.78 is 0. The van der Waals surface area contributed by atoms with Gasteiger partial charge >= 0.3 is 0 Å². The molecule has 1 N–H and O–H groups in total. The summed E-state index contributed by atoms with van der Waals surface area (Å²) in [5.41, 5.74) is 1.66. The van der Waals surface area contributed by atoms with Gasteiger partial charge in [-0.1, -0.05) is 25.4 Å². The van der Waals surface area contributed by atoms with Crippen molar-refractivity contribution in [3.05, 3.63) is 29.3 Å². The van der Waals surface area contributed by atoms with Crippen LogP contribution in [0.2, 0.25) is 5.02 Å². The Kier molecular flexibility index (Phi) is 3.61. The van der Waals surface area contributed by atoms with Gasteiger partial charge in [0.15, 0.2) is 0 Å². The summed E-state index contributed by atoms with van der Waals surface area (Å²) in [6, 6.07) is 8.16. The van der Waals surface area contributed by atoms with Gasteiger partial charge in [-0.2, -0.15) is 0 Å². The third-order valence-corrected chi connectivity index (χ3v) is 3.69.